The van der Waals surface area contributed by atoms with Crippen LogP contribution in [0, 0.1) is 0 Å². The third kappa shape index (κ3) is 6.38. The second kappa shape index (κ2) is 12.5. The fourth-order valence-electron chi connectivity index (χ4n) is 4.05. The monoisotopic (exact) mass is 505 g/mol. The van der Waals surface area contributed by atoms with Crippen LogP contribution in [-0.2, 0) is 0 Å². The topological polar surface area (TPSA) is 37.0 Å². The Balaban J connectivity index is 1.30. The first-order chi connectivity index (χ1) is 17.9. The van der Waals surface area contributed by atoms with Crippen molar-refractivity contribution < 1.29 is 0 Å². The minimum absolute atomic E-state index is 0.531. The molecule has 4 aromatic carbocycles. The van der Waals surface area contributed by atoms with Gasteiger partial charge in [0.2, 0.25) is 0 Å². The van der Waals surface area contributed by atoms with Crippen molar-refractivity contribution in [1.82, 2.24) is 4.98 Å². The number of nitrogens with zero attached hydrogens (tertiary/aromatic N) is 1. The fraction of sp³-hybridized carbons (Fsp3) is 0.0645. The molecule has 5 rings (SSSR count). The molecule has 0 saturated carbocycles. The van der Waals surface area contributed by atoms with Crippen LogP contribution in [0.2, 0.25) is 0 Å². The normalized spacial score (nSPS) is 10.9. The Morgan fingerprint density at radius 2 is 0.694 bits per heavy atom. The SMILES string of the molecule is c1ccc(P(CNc2cccc(NCP(c3ccccc3)c3ccccc3)n2)c2ccccc2)cc1. The maximum atomic E-state index is 4.89. The number of hydrogen-bond acceptors (Lipinski definition) is 3. The Labute approximate surface area is 216 Å². The third-order valence-electron chi connectivity index (χ3n) is 5.86. The van der Waals surface area contributed by atoms with E-state index in [2.05, 4.69) is 138 Å². The van der Waals surface area contributed by atoms with Crippen LogP contribution in [-0.4, -0.2) is 17.6 Å². The van der Waals surface area contributed by atoms with Crippen molar-refractivity contribution in [2.45, 2.75) is 0 Å². The molecule has 36 heavy (non-hydrogen) atoms. The Morgan fingerprint density at radius 3 is 1.00 bits per heavy atom. The van der Waals surface area contributed by atoms with Crippen LogP contribution in [0.25, 0.3) is 0 Å². The van der Waals surface area contributed by atoms with E-state index < -0.39 is 15.8 Å². The van der Waals surface area contributed by atoms with Crippen LogP contribution in [0.5, 0.6) is 0 Å². The minimum Gasteiger partial charge on any atom is -0.365 e. The molecule has 1 heterocycles. The van der Waals surface area contributed by atoms with Gasteiger partial charge in [0.25, 0.3) is 0 Å². The van der Waals surface area contributed by atoms with E-state index in [0.717, 1.165) is 24.2 Å². The molecule has 5 aromatic rings. The molecule has 0 bridgehead atoms. The molecule has 0 aliphatic heterocycles. The zero-order valence-corrected chi connectivity index (χ0v) is 21.8. The highest BCUT2D eigenvalue weighted by atomic mass is 31.1. The minimum atomic E-state index is -0.531. The van der Waals surface area contributed by atoms with Crippen molar-refractivity contribution in [1.29, 1.82) is 0 Å². The van der Waals surface area contributed by atoms with Crippen molar-refractivity contribution in [3.8, 4) is 0 Å². The van der Waals surface area contributed by atoms with E-state index in [1.54, 1.807) is 0 Å². The van der Waals surface area contributed by atoms with E-state index in [0.29, 0.717) is 0 Å². The van der Waals surface area contributed by atoms with E-state index >= 15 is 0 Å². The molecule has 0 atom stereocenters. The Hall–Kier alpha value is -3.51. The number of benzene rings is 4. The molecule has 178 valence electrons. The number of hydrogen-bond donors (Lipinski definition) is 2. The van der Waals surface area contributed by atoms with Crippen LogP contribution in [0.3, 0.4) is 0 Å². The second-order valence-electron chi connectivity index (χ2n) is 8.28. The molecule has 0 saturated heterocycles. The predicted octanol–water partition coefficient (Wildman–Crippen LogP) is 6.09. The van der Waals surface area contributed by atoms with Crippen molar-refractivity contribution in [2.24, 2.45) is 0 Å². The average Bonchev–Trinajstić information content (AvgIpc) is 2.96. The van der Waals surface area contributed by atoms with E-state index in [4.69, 9.17) is 4.98 Å². The summed E-state index contributed by atoms with van der Waals surface area (Å²) in [4.78, 5) is 4.89. The van der Waals surface area contributed by atoms with Gasteiger partial charge in [0.15, 0.2) is 0 Å². The van der Waals surface area contributed by atoms with Crippen LogP contribution in [0.1, 0.15) is 0 Å². The van der Waals surface area contributed by atoms with Crippen LogP contribution >= 0.6 is 15.8 Å². The molecule has 0 amide bonds. The van der Waals surface area contributed by atoms with Gasteiger partial charge in [-0.15, -0.1) is 0 Å². The molecular weight excluding hydrogens is 476 g/mol. The lowest BCUT2D eigenvalue weighted by atomic mass is 10.4. The van der Waals surface area contributed by atoms with Crippen molar-refractivity contribution in [3.63, 3.8) is 0 Å². The summed E-state index contributed by atoms with van der Waals surface area (Å²) in [6.07, 6.45) is 1.67. The third-order valence-corrected chi connectivity index (χ3v) is 10.5. The van der Waals surface area contributed by atoms with E-state index in [1.165, 1.54) is 21.2 Å². The first kappa shape index (κ1) is 24.2. The number of aromatic nitrogens is 1. The van der Waals surface area contributed by atoms with Crippen molar-refractivity contribution in [2.75, 3.05) is 23.2 Å². The van der Waals surface area contributed by atoms with Crippen LogP contribution < -0.4 is 31.9 Å². The highest BCUT2D eigenvalue weighted by Crippen LogP contribution is 2.34. The Morgan fingerprint density at radius 1 is 0.389 bits per heavy atom. The number of nitrogens with one attached hydrogen (secondary N) is 2. The Kier molecular flexibility index (Phi) is 8.37. The van der Waals surface area contributed by atoms with Crippen LogP contribution in [0.4, 0.5) is 11.6 Å². The summed E-state index contributed by atoms with van der Waals surface area (Å²) in [5.74, 6) is 1.78. The fourth-order valence-corrected chi connectivity index (χ4v) is 8.14. The molecule has 0 aliphatic carbocycles. The highest BCUT2D eigenvalue weighted by molar-refractivity contribution is 7.73. The molecule has 0 radical (unpaired) electrons. The summed E-state index contributed by atoms with van der Waals surface area (Å²) in [6.45, 7) is 0. The van der Waals surface area contributed by atoms with Gasteiger partial charge in [-0.2, -0.15) is 0 Å². The largest absolute Gasteiger partial charge is 0.365 e. The van der Waals surface area contributed by atoms with E-state index in [1.807, 2.05) is 12.1 Å². The van der Waals surface area contributed by atoms with Crippen molar-refractivity contribution >= 4 is 48.7 Å². The maximum Gasteiger partial charge on any atom is 0.128 e. The predicted molar refractivity (Wildman–Crippen MR) is 159 cm³/mol. The summed E-state index contributed by atoms with van der Waals surface area (Å²) in [5.41, 5.74) is 0. The summed E-state index contributed by atoms with van der Waals surface area (Å²) < 4.78 is 0. The van der Waals surface area contributed by atoms with Gasteiger partial charge in [-0.3, -0.25) is 0 Å². The van der Waals surface area contributed by atoms with Crippen molar-refractivity contribution in [3.05, 3.63) is 140 Å². The molecular formula is C31H29N3P2. The van der Waals surface area contributed by atoms with Gasteiger partial charge in [0, 0.05) is 12.6 Å². The molecule has 0 unspecified atom stereocenters. The molecule has 1 aromatic heterocycles. The first-order valence-electron chi connectivity index (χ1n) is 12.1. The quantitative estimate of drug-likeness (QED) is 0.226. The second-order valence-corrected chi connectivity index (χ2v) is 12.7. The van der Waals surface area contributed by atoms with E-state index in [-0.39, 0.29) is 0 Å². The number of rotatable bonds is 10. The van der Waals surface area contributed by atoms with Gasteiger partial charge in [-0.1, -0.05) is 127 Å². The zero-order chi connectivity index (χ0) is 24.4. The lowest BCUT2D eigenvalue weighted by Gasteiger charge is -2.21. The van der Waals surface area contributed by atoms with Gasteiger partial charge >= 0.3 is 0 Å². The molecule has 5 heteroatoms. The molecule has 0 aliphatic rings. The lowest BCUT2D eigenvalue weighted by molar-refractivity contribution is 1.24. The number of anilines is 2. The van der Waals surface area contributed by atoms with Gasteiger partial charge < -0.3 is 10.6 Å². The summed E-state index contributed by atoms with van der Waals surface area (Å²) in [7, 11) is -1.06. The Bertz CT molecular complexity index is 1150. The standard InChI is InChI=1S/C31H29N3P2/c1-5-14-26(15-6-1)35(27-16-7-2-8-17-27)24-32-30-22-13-23-31(34-30)33-25-36(28-18-9-3-10-19-28)29-20-11-4-12-21-29/h1-23H,24-25H2,(H2,32,33,34). The highest BCUT2D eigenvalue weighted by Gasteiger charge is 2.15. The summed E-state index contributed by atoms with van der Waals surface area (Å²) in [6, 6.07) is 49.2. The van der Waals surface area contributed by atoms with E-state index in [9.17, 15) is 0 Å². The van der Waals surface area contributed by atoms with Gasteiger partial charge in [-0.05, 0) is 49.2 Å². The lowest BCUT2D eigenvalue weighted by Crippen LogP contribution is -2.19. The van der Waals surface area contributed by atoms with Gasteiger partial charge in [-0.25, -0.2) is 4.98 Å². The smallest absolute Gasteiger partial charge is 0.128 e. The molecule has 0 spiro atoms. The molecule has 0 fully saturated rings. The number of pyridine rings is 1. The van der Waals surface area contributed by atoms with Crippen LogP contribution in [0.15, 0.2) is 140 Å². The zero-order valence-electron chi connectivity index (χ0n) is 20.0. The van der Waals surface area contributed by atoms with Gasteiger partial charge in [0.1, 0.15) is 11.6 Å². The molecule has 2 N–H and O–H groups in total. The summed E-state index contributed by atoms with van der Waals surface area (Å²) >= 11 is 0. The maximum absolute atomic E-state index is 4.89. The average molecular weight is 506 g/mol. The van der Waals surface area contributed by atoms with Gasteiger partial charge in [0.05, 0.1) is 0 Å². The summed E-state index contributed by atoms with van der Waals surface area (Å²) in [5, 5.41) is 12.7. The molecule has 3 nitrogen and oxygen atoms in total. The first-order valence-corrected chi connectivity index (χ1v) is 15.1.